The zero-order valence-electron chi connectivity index (χ0n) is 24.6. The van der Waals surface area contributed by atoms with E-state index in [1.807, 2.05) is 0 Å². The lowest BCUT2D eigenvalue weighted by atomic mass is 10.1. The van der Waals surface area contributed by atoms with Crippen molar-refractivity contribution in [2.75, 3.05) is 0 Å². The second-order valence-corrected chi connectivity index (χ2v) is 10.8. The third-order valence-electron chi connectivity index (χ3n) is 6.99. The lowest BCUT2D eigenvalue weighted by Gasteiger charge is -2.17. The zero-order chi connectivity index (χ0) is 34.0. The first-order valence-corrected chi connectivity index (χ1v) is 14.7. The van der Waals surface area contributed by atoms with Crippen LogP contribution < -0.4 is 11.1 Å². The van der Waals surface area contributed by atoms with E-state index in [1.165, 1.54) is 55.2 Å². The molecule has 4 heterocycles. The van der Waals surface area contributed by atoms with E-state index in [0.717, 1.165) is 0 Å². The van der Waals surface area contributed by atoms with Gasteiger partial charge in [-0.05, 0) is 48.0 Å². The maximum Gasteiger partial charge on any atom is 0.251 e. The first kappa shape index (κ1) is 33.2. The summed E-state index contributed by atoms with van der Waals surface area (Å²) in [4.78, 5) is 24.2. The van der Waals surface area contributed by atoms with Crippen LogP contribution in [0, 0.1) is 34.9 Å². The molecule has 8 nitrogen and oxygen atoms in total. The molecule has 47 heavy (non-hydrogen) atoms. The minimum absolute atomic E-state index is 0.00407. The van der Waals surface area contributed by atoms with Crippen molar-refractivity contribution in [2.24, 2.45) is 0 Å². The van der Waals surface area contributed by atoms with Gasteiger partial charge in [-0.1, -0.05) is 0 Å². The summed E-state index contributed by atoms with van der Waals surface area (Å²) in [5, 5.41) is 8.13. The topological polar surface area (TPSA) is 79.6 Å². The van der Waals surface area contributed by atoms with Gasteiger partial charge in [-0.25, -0.2) is 35.7 Å². The Morgan fingerprint density at radius 3 is 1.47 bits per heavy atom. The Bertz CT molecular complexity index is 2170. The van der Waals surface area contributed by atoms with Crippen LogP contribution in [-0.2, 0) is 13.1 Å². The average Bonchev–Trinajstić information content (AvgIpc) is 3.69. The fourth-order valence-electron chi connectivity index (χ4n) is 5.04. The maximum atomic E-state index is 14.3. The van der Waals surface area contributed by atoms with Crippen molar-refractivity contribution in [1.82, 2.24) is 28.7 Å². The fraction of sp³-hybridized carbons (Fsp3) is 0.125. The molecule has 0 saturated heterocycles. The lowest BCUT2D eigenvalue weighted by molar-refractivity contribution is 0.543. The van der Waals surface area contributed by atoms with Crippen molar-refractivity contribution >= 4 is 15.9 Å². The summed E-state index contributed by atoms with van der Waals surface area (Å²) in [6.45, 7) is 3.73. The minimum atomic E-state index is -1.09. The van der Waals surface area contributed by atoms with E-state index in [9.17, 15) is 35.9 Å². The predicted octanol–water partition coefficient (Wildman–Crippen LogP) is 7.04. The normalized spacial score (nSPS) is 11.0. The van der Waals surface area contributed by atoms with Gasteiger partial charge in [-0.15, -0.1) is 0 Å². The summed E-state index contributed by atoms with van der Waals surface area (Å²) < 4.78 is 89.4. The Labute approximate surface area is 270 Å². The Morgan fingerprint density at radius 2 is 1.11 bits per heavy atom. The van der Waals surface area contributed by atoms with E-state index in [0.29, 0.717) is 40.1 Å². The third-order valence-corrected chi connectivity index (χ3v) is 7.40. The maximum absolute atomic E-state index is 14.3. The number of pyridine rings is 2. The largest absolute Gasteiger partial charge is 0.306 e. The molecule has 0 radical (unpaired) electrons. The number of hydrogen-bond acceptors (Lipinski definition) is 4. The highest BCUT2D eigenvalue weighted by molar-refractivity contribution is 9.10. The predicted molar refractivity (Wildman–Crippen MR) is 165 cm³/mol. The van der Waals surface area contributed by atoms with Gasteiger partial charge in [0.15, 0.2) is 0 Å². The van der Waals surface area contributed by atoms with Crippen LogP contribution in [0.1, 0.15) is 13.8 Å². The van der Waals surface area contributed by atoms with Gasteiger partial charge >= 0.3 is 0 Å². The highest BCUT2D eigenvalue weighted by Crippen LogP contribution is 2.32. The van der Waals surface area contributed by atoms with E-state index >= 15 is 0 Å². The van der Waals surface area contributed by atoms with Gasteiger partial charge in [0, 0.05) is 68.1 Å². The van der Waals surface area contributed by atoms with Crippen LogP contribution >= 0.6 is 15.9 Å². The van der Waals surface area contributed by atoms with Gasteiger partial charge < -0.3 is 9.13 Å². The molecule has 0 N–H and O–H groups in total. The summed E-state index contributed by atoms with van der Waals surface area (Å²) in [6.07, 6.45) is 6.18. The SMILES string of the molecule is CCn1c(-c2c(F)cc(F)cc2F)c(-n2cc(Br)cn2)ccc1=O.CCn1c(-c2c(F)cc(F)cc2F)c(-n2cccn2)ccc1=O. The molecule has 0 spiro atoms. The molecule has 0 aliphatic heterocycles. The summed E-state index contributed by atoms with van der Waals surface area (Å²) in [5.41, 5.74) is -1.15. The number of nitrogens with zero attached hydrogens (tertiary/aromatic N) is 6. The Hall–Kier alpha value is -5.18. The molecular weight excluding hydrogens is 694 g/mol. The molecule has 0 fully saturated rings. The standard InChI is InChI=1S/C16H11BrF3N3O.C16H12F3N3O/c1-2-22-14(24)4-3-13(23-8-9(17)7-21-23)16(22)15-11(19)5-10(18)6-12(15)20;1-2-21-14(23)5-4-13(22-7-3-6-20-22)16(21)15-11(18)8-10(17)9-12(15)19/h3-8H,2H2,1H3;3-9H,2H2,1H3. The molecule has 4 aromatic heterocycles. The zero-order valence-corrected chi connectivity index (χ0v) is 26.2. The van der Waals surface area contributed by atoms with Crippen molar-refractivity contribution < 1.29 is 26.3 Å². The summed E-state index contributed by atoms with van der Waals surface area (Å²) >= 11 is 3.25. The summed E-state index contributed by atoms with van der Waals surface area (Å²) in [5.74, 6) is -6.39. The van der Waals surface area contributed by atoms with Crippen LogP contribution in [0.5, 0.6) is 0 Å². The van der Waals surface area contributed by atoms with Gasteiger partial charge in [0.1, 0.15) is 34.9 Å². The van der Waals surface area contributed by atoms with E-state index in [-0.39, 0.29) is 24.5 Å². The van der Waals surface area contributed by atoms with Crippen molar-refractivity contribution in [1.29, 1.82) is 0 Å². The molecule has 0 saturated carbocycles. The number of benzene rings is 2. The van der Waals surface area contributed by atoms with Crippen molar-refractivity contribution in [3.63, 3.8) is 0 Å². The fourth-order valence-corrected chi connectivity index (χ4v) is 5.33. The van der Waals surface area contributed by atoms with Gasteiger partial charge in [0.25, 0.3) is 11.1 Å². The van der Waals surface area contributed by atoms with Crippen LogP contribution in [0.25, 0.3) is 33.9 Å². The van der Waals surface area contributed by atoms with Crippen LogP contribution in [0.2, 0.25) is 0 Å². The van der Waals surface area contributed by atoms with Crippen LogP contribution in [0.4, 0.5) is 26.3 Å². The second kappa shape index (κ2) is 13.7. The van der Waals surface area contributed by atoms with Gasteiger partial charge in [0.05, 0.1) is 44.6 Å². The van der Waals surface area contributed by atoms with Gasteiger partial charge in [-0.2, -0.15) is 10.2 Å². The third kappa shape index (κ3) is 6.56. The van der Waals surface area contributed by atoms with E-state index in [4.69, 9.17) is 0 Å². The lowest BCUT2D eigenvalue weighted by Crippen LogP contribution is -2.22. The molecule has 0 amide bonds. The van der Waals surface area contributed by atoms with Crippen LogP contribution in [-0.4, -0.2) is 28.7 Å². The van der Waals surface area contributed by atoms with Crippen molar-refractivity contribution in [3.8, 4) is 33.9 Å². The quantitative estimate of drug-likeness (QED) is 0.173. The van der Waals surface area contributed by atoms with Gasteiger partial charge in [-0.3, -0.25) is 9.59 Å². The molecule has 0 atom stereocenters. The highest BCUT2D eigenvalue weighted by Gasteiger charge is 2.23. The molecule has 242 valence electrons. The Kier molecular flexibility index (Phi) is 9.65. The molecule has 2 aromatic carbocycles. The number of hydrogen-bond donors (Lipinski definition) is 0. The molecule has 0 aliphatic rings. The van der Waals surface area contributed by atoms with Crippen LogP contribution in [0.3, 0.4) is 0 Å². The molecule has 6 aromatic rings. The highest BCUT2D eigenvalue weighted by atomic mass is 79.9. The van der Waals surface area contributed by atoms with Gasteiger partial charge in [0.2, 0.25) is 0 Å². The first-order chi connectivity index (χ1) is 22.4. The second-order valence-electron chi connectivity index (χ2n) is 9.84. The number of aromatic nitrogens is 6. The molecular formula is C32H23BrF6N6O2. The average molecular weight is 717 g/mol. The van der Waals surface area contributed by atoms with Crippen LogP contribution in [0.15, 0.2) is 93.4 Å². The molecule has 15 heteroatoms. The summed E-state index contributed by atoms with van der Waals surface area (Å²) in [6, 6.07) is 9.41. The molecule has 0 bridgehead atoms. The number of rotatable bonds is 6. The summed E-state index contributed by atoms with van der Waals surface area (Å²) in [7, 11) is 0. The number of halogens is 7. The molecule has 0 aliphatic carbocycles. The first-order valence-electron chi connectivity index (χ1n) is 13.9. The smallest absolute Gasteiger partial charge is 0.251 e. The monoisotopic (exact) mass is 716 g/mol. The van der Waals surface area contributed by atoms with Crippen molar-refractivity contribution in [3.05, 3.63) is 139 Å². The Morgan fingerprint density at radius 1 is 0.660 bits per heavy atom. The van der Waals surface area contributed by atoms with E-state index in [1.54, 1.807) is 32.3 Å². The minimum Gasteiger partial charge on any atom is -0.306 e. The van der Waals surface area contributed by atoms with Crippen molar-refractivity contribution in [2.45, 2.75) is 26.9 Å². The molecule has 6 rings (SSSR count). The Balaban J connectivity index is 0.000000185. The molecule has 0 unspecified atom stereocenters. The van der Waals surface area contributed by atoms with E-state index < -0.39 is 57.1 Å². The van der Waals surface area contributed by atoms with E-state index in [2.05, 4.69) is 26.1 Å².